The van der Waals surface area contributed by atoms with Crippen molar-refractivity contribution in [1.82, 2.24) is 0 Å². The normalized spacial score (nSPS) is 16.8. The number of amides is 1. The molecule has 0 aliphatic heterocycles. The lowest BCUT2D eigenvalue weighted by molar-refractivity contribution is -0.111. The van der Waals surface area contributed by atoms with Crippen LogP contribution in [0.3, 0.4) is 0 Å². The van der Waals surface area contributed by atoms with Crippen molar-refractivity contribution in [3.8, 4) is 0 Å². The number of anilines is 1. The molecule has 6 heteroatoms. The summed E-state index contributed by atoms with van der Waals surface area (Å²) in [5, 5.41) is 3.38. The van der Waals surface area contributed by atoms with Crippen LogP contribution in [0.25, 0.3) is 6.08 Å². The van der Waals surface area contributed by atoms with Crippen LogP contribution in [-0.4, -0.2) is 19.0 Å². The second-order valence-corrected chi connectivity index (χ2v) is 6.99. The highest BCUT2D eigenvalue weighted by atomic mass is 32.1. The first-order chi connectivity index (χ1) is 11.6. The summed E-state index contributed by atoms with van der Waals surface area (Å²) in [4.78, 5) is 25.5. The number of carbonyl (C=O) groups excluding carboxylic acids is 2. The number of rotatable bonds is 4. The van der Waals surface area contributed by atoms with E-state index in [1.807, 2.05) is 0 Å². The Morgan fingerprint density at radius 1 is 1.46 bits per heavy atom. The lowest BCUT2D eigenvalue weighted by atomic mass is 9.88. The molecule has 0 saturated heterocycles. The molecule has 2 aromatic heterocycles. The van der Waals surface area contributed by atoms with Crippen LogP contribution in [0.4, 0.5) is 5.00 Å². The number of thiophene rings is 1. The van der Waals surface area contributed by atoms with E-state index in [4.69, 9.17) is 9.15 Å². The van der Waals surface area contributed by atoms with Gasteiger partial charge in [0.1, 0.15) is 10.8 Å². The van der Waals surface area contributed by atoms with Crippen LogP contribution < -0.4 is 5.32 Å². The Morgan fingerprint density at radius 3 is 3.00 bits per heavy atom. The molecule has 1 aliphatic carbocycles. The van der Waals surface area contributed by atoms with Crippen LogP contribution in [0, 0.1) is 5.92 Å². The number of hydrogen-bond donors (Lipinski definition) is 1. The zero-order valence-corrected chi connectivity index (χ0v) is 14.4. The summed E-state index contributed by atoms with van der Waals surface area (Å²) in [6, 6.07) is 3.51. The first kappa shape index (κ1) is 16.5. The van der Waals surface area contributed by atoms with Gasteiger partial charge in [-0.1, -0.05) is 6.92 Å². The second kappa shape index (κ2) is 7.05. The number of esters is 1. The number of carbonyl (C=O) groups is 2. The molecule has 0 bridgehead atoms. The molecule has 0 spiro atoms. The summed E-state index contributed by atoms with van der Waals surface area (Å²) in [5.41, 5.74) is 1.53. The van der Waals surface area contributed by atoms with Gasteiger partial charge in [-0.25, -0.2) is 4.79 Å². The number of nitrogens with one attached hydrogen (secondary N) is 1. The predicted molar refractivity (Wildman–Crippen MR) is 93.2 cm³/mol. The van der Waals surface area contributed by atoms with Crippen molar-refractivity contribution in [2.75, 3.05) is 12.4 Å². The van der Waals surface area contributed by atoms with E-state index < -0.39 is 5.97 Å². The number of methoxy groups -OCH3 is 1. The highest BCUT2D eigenvalue weighted by Crippen LogP contribution is 2.40. The molecular formula is C18H19NO4S. The Bertz CT molecular complexity index is 773. The minimum Gasteiger partial charge on any atom is -0.465 e. The molecule has 1 amide bonds. The summed E-state index contributed by atoms with van der Waals surface area (Å²) in [6.07, 6.45) is 7.34. The molecule has 1 N–H and O–H groups in total. The minimum absolute atomic E-state index is 0.303. The fraction of sp³-hybridized carbons (Fsp3) is 0.333. The third-order valence-electron chi connectivity index (χ3n) is 4.08. The molecule has 1 atom stereocenters. The quantitative estimate of drug-likeness (QED) is 0.674. The van der Waals surface area contributed by atoms with E-state index >= 15 is 0 Å². The zero-order valence-electron chi connectivity index (χ0n) is 13.6. The molecule has 0 fully saturated rings. The first-order valence-electron chi connectivity index (χ1n) is 7.84. The van der Waals surface area contributed by atoms with Gasteiger partial charge in [-0.3, -0.25) is 4.79 Å². The summed E-state index contributed by atoms with van der Waals surface area (Å²) >= 11 is 1.47. The van der Waals surface area contributed by atoms with Gasteiger partial charge in [0.2, 0.25) is 5.91 Å². The standard InChI is InChI=1S/C18H19NO4S/c1-11-5-7-13-14(10-11)24-17(16(13)18(21)22-2)19-15(20)8-6-12-4-3-9-23-12/h3-4,6,8-9,11H,5,7,10H2,1-2H3,(H,19,20)/b8-6+. The highest BCUT2D eigenvalue weighted by molar-refractivity contribution is 7.17. The van der Waals surface area contributed by atoms with Crippen LogP contribution in [-0.2, 0) is 22.4 Å². The summed E-state index contributed by atoms with van der Waals surface area (Å²) in [5.74, 6) is 0.484. The molecule has 2 aromatic rings. The predicted octanol–water partition coefficient (Wildman–Crippen LogP) is 3.90. The molecule has 3 rings (SSSR count). The lowest BCUT2D eigenvalue weighted by Gasteiger charge is -2.18. The van der Waals surface area contributed by atoms with Crippen molar-refractivity contribution in [2.45, 2.75) is 26.2 Å². The third-order valence-corrected chi connectivity index (χ3v) is 5.25. The maximum Gasteiger partial charge on any atom is 0.341 e. The van der Waals surface area contributed by atoms with E-state index in [-0.39, 0.29) is 5.91 Å². The van der Waals surface area contributed by atoms with Crippen LogP contribution in [0.1, 0.15) is 39.9 Å². The Hall–Kier alpha value is -2.34. The van der Waals surface area contributed by atoms with Gasteiger partial charge < -0.3 is 14.5 Å². The van der Waals surface area contributed by atoms with Crippen molar-refractivity contribution < 1.29 is 18.7 Å². The van der Waals surface area contributed by atoms with Crippen LogP contribution >= 0.6 is 11.3 Å². The zero-order chi connectivity index (χ0) is 17.1. The molecule has 1 unspecified atom stereocenters. The van der Waals surface area contributed by atoms with Gasteiger partial charge in [0.05, 0.1) is 18.9 Å². The molecule has 0 radical (unpaired) electrons. The van der Waals surface area contributed by atoms with Gasteiger partial charge in [-0.2, -0.15) is 0 Å². The van der Waals surface area contributed by atoms with Crippen LogP contribution in [0.5, 0.6) is 0 Å². The average molecular weight is 345 g/mol. The third kappa shape index (κ3) is 3.43. The topological polar surface area (TPSA) is 68.5 Å². The van der Waals surface area contributed by atoms with Crippen molar-refractivity contribution in [1.29, 1.82) is 0 Å². The van der Waals surface area contributed by atoms with Gasteiger partial charge in [-0.15, -0.1) is 11.3 Å². The highest BCUT2D eigenvalue weighted by Gasteiger charge is 2.28. The Labute approximate surface area is 144 Å². The van der Waals surface area contributed by atoms with E-state index in [0.29, 0.717) is 22.2 Å². The first-order valence-corrected chi connectivity index (χ1v) is 8.65. The summed E-state index contributed by atoms with van der Waals surface area (Å²) in [6.45, 7) is 2.20. The van der Waals surface area contributed by atoms with Gasteiger partial charge in [0.25, 0.3) is 0 Å². The van der Waals surface area contributed by atoms with Crippen LogP contribution in [0.2, 0.25) is 0 Å². The number of ether oxygens (including phenoxy) is 1. The molecule has 1 aliphatic rings. The summed E-state index contributed by atoms with van der Waals surface area (Å²) < 4.78 is 10.1. The van der Waals surface area contributed by atoms with Crippen molar-refractivity contribution >= 4 is 34.3 Å². The lowest BCUT2D eigenvalue weighted by Crippen LogP contribution is -2.14. The largest absolute Gasteiger partial charge is 0.465 e. The SMILES string of the molecule is COC(=O)c1c(NC(=O)/C=C/c2ccco2)sc2c1CCC(C)C2. The number of fused-ring (bicyclic) bond motifs is 1. The van der Waals surface area contributed by atoms with E-state index in [9.17, 15) is 9.59 Å². The monoisotopic (exact) mass is 345 g/mol. The maximum absolute atomic E-state index is 12.2. The number of furan rings is 1. The van der Waals surface area contributed by atoms with E-state index in [1.54, 1.807) is 24.5 Å². The maximum atomic E-state index is 12.2. The second-order valence-electron chi connectivity index (χ2n) is 5.89. The van der Waals surface area contributed by atoms with Crippen molar-refractivity contribution in [3.63, 3.8) is 0 Å². The molecular weight excluding hydrogens is 326 g/mol. The molecule has 2 heterocycles. The molecule has 0 saturated carbocycles. The minimum atomic E-state index is -0.396. The van der Waals surface area contributed by atoms with Gasteiger partial charge in [0, 0.05) is 11.0 Å². The van der Waals surface area contributed by atoms with E-state index in [0.717, 1.165) is 24.8 Å². The molecule has 24 heavy (non-hydrogen) atoms. The molecule has 0 aromatic carbocycles. The molecule has 5 nitrogen and oxygen atoms in total. The smallest absolute Gasteiger partial charge is 0.341 e. The fourth-order valence-electron chi connectivity index (χ4n) is 2.85. The molecule has 126 valence electrons. The Morgan fingerprint density at radius 2 is 2.29 bits per heavy atom. The van der Waals surface area contributed by atoms with E-state index in [2.05, 4.69) is 12.2 Å². The van der Waals surface area contributed by atoms with Gasteiger partial charge >= 0.3 is 5.97 Å². The van der Waals surface area contributed by atoms with Crippen molar-refractivity contribution in [2.24, 2.45) is 5.92 Å². The number of hydrogen-bond acceptors (Lipinski definition) is 5. The van der Waals surface area contributed by atoms with Gasteiger partial charge in [0.15, 0.2) is 0 Å². The Balaban J connectivity index is 1.84. The Kier molecular flexibility index (Phi) is 4.85. The van der Waals surface area contributed by atoms with Gasteiger partial charge in [-0.05, 0) is 49.0 Å². The fourth-order valence-corrected chi connectivity index (χ4v) is 4.26. The van der Waals surface area contributed by atoms with Crippen LogP contribution in [0.15, 0.2) is 28.9 Å². The average Bonchev–Trinajstić information content (AvgIpc) is 3.19. The van der Waals surface area contributed by atoms with Crippen molar-refractivity contribution in [3.05, 3.63) is 46.2 Å². The van der Waals surface area contributed by atoms with E-state index in [1.165, 1.54) is 29.4 Å². The summed E-state index contributed by atoms with van der Waals surface area (Å²) in [7, 11) is 1.36.